The Morgan fingerprint density at radius 1 is 1.22 bits per heavy atom. The molecule has 3 rings (SSSR count). The first-order valence-corrected chi connectivity index (χ1v) is 9.20. The van der Waals surface area contributed by atoms with Crippen molar-refractivity contribution in [3.05, 3.63) is 47.5 Å². The standard InChI is InChI=1S/C19H25N5O3/c1-13(2)17(21-19(26)27-12-14-7-4-3-5-8-14)18(25)20-11-16-23-22-15-9-6-10-24(15)16/h3-5,7-8,13,17H,6,9-12H2,1-2H3,(H,20,25)(H,21,26)/t17-/m0/s1. The summed E-state index contributed by atoms with van der Waals surface area (Å²) >= 11 is 0. The predicted molar refractivity (Wildman–Crippen MR) is 98.6 cm³/mol. The first-order chi connectivity index (χ1) is 13.0. The molecule has 27 heavy (non-hydrogen) atoms. The minimum atomic E-state index is -0.686. The molecule has 2 amide bonds. The normalized spacial score (nSPS) is 13.9. The Kier molecular flexibility index (Phi) is 6.05. The lowest BCUT2D eigenvalue weighted by Gasteiger charge is -2.21. The number of ether oxygens (including phenoxy) is 1. The molecule has 1 aliphatic rings. The number of rotatable bonds is 7. The van der Waals surface area contributed by atoms with Crippen molar-refractivity contribution in [2.45, 2.75) is 52.4 Å². The molecular weight excluding hydrogens is 346 g/mol. The van der Waals surface area contributed by atoms with Crippen LogP contribution < -0.4 is 10.6 Å². The number of nitrogens with one attached hydrogen (secondary N) is 2. The van der Waals surface area contributed by atoms with E-state index in [2.05, 4.69) is 20.8 Å². The maximum atomic E-state index is 12.6. The van der Waals surface area contributed by atoms with E-state index >= 15 is 0 Å². The summed E-state index contributed by atoms with van der Waals surface area (Å²) in [5, 5.41) is 13.7. The molecule has 0 unspecified atom stereocenters. The average molecular weight is 371 g/mol. The minimum Gasteiger partial charge on any atom is -0.445 e. The fourth-order valence-corrected chi connectivity index (χ4v) is 3.04. The molecule has 8 nitrogen and oxygen atoms in total. The number of hydrogen-bond acceptors (Lipinski definition) is 5. The summed E-state index contributed by atoms with van der Waals surface area (Å²) in [6.45, 7) is 5.07. The van der Waals surface area contributed by atoms with Gasteiger partial charge in [0.1, 0.15) is 18.5 Å². The van der Waals surface area contributed by atoms with Crippen LogP contribution in [0, 0.1) is 5.92 Å². The number of hydrogen-bond donors (Lipinski definition) is 2. The smallest absolute Gasteiger partial charge is 0.408 e. The fraction of sp³-hybridized carbons (Fsp3) is 0.474. The average Bonchev–Trinajstić information content (AvgIpc) is 3.27. The highest BCUT2D eigenvalue weighted by Crippen LogP contribution is 2.14. The predicted octanol–water partition coefficient (Wildman–Crippen LogP) is 1.79. The van der Waals surface area contributed by atoms with Crippen LogP contribution in [0.1, 0.15) is 37.5 Å². The number of carbonyl (C=O) groups is 2. The van der Waals surface area contributed by atoms with Crippen LogP contribution in [-0.4, -0.2) is 32.8 Å². The van der Waals surface area contributed by atoms with E-state index < -0.39 is 12.1 Å². The van der Waals surface area contributed by atoms with Crippen LogP contribution in [0.15, 0.2) is 30.3 Å². The molecule has 1 atom stereocenters. The zero-order valence-electron chi connectivity index (χ0n) is 15.6. The van der Waals surface area contributed by atoms with Gasteiger partial charge in [0.2, 0.25) is 5.91 Å². The molecule has 0 radical (unpaired) electrons. The summed E-state index contributed by atoms with van der Waals surface area (Å²) in [6.07, 6.45) is 1.36. The second kappa shape index (κ2) is 8.66. The quantitative estimate of drug-likeness (QED) is 0.773. The van der Waals surface area contributed by atoms with Crippen LogP contribution in [0.4, 0.5) is 4.79 Å². The lowest BCUT2D eigenvalue weighted by molar-refractivity contribution is -0.124. The van der Waals surface area contributed by atoms with Crippen LogP contribution in [0.3, 0.4) is 0 Å². The van der Waals surface area contributed by atoms with Gasteiger partial charge in [-0.2, -0.15) is 0 Å². The van der Waals surface area contributed by atoms with Crippen molar-refractivity contribution in [2.75, 3.05) is 0 Å². The van der Waals surface area contributed by atoms with Gasteiger partial charge in [-0.3, -0.25) is 4.79 Å². The van der Waals surface area contributed by atoms with Crippen molar-refractivity contribution in [1.82, 2.24) is 25.4 Å². The Hall–Kier alpha value is -2.90. The molecule has 1 aliphatic heterocycles. The Labute approximate surface area is 158 Å². The molecular formula is C19H25N5O3. The lowest BCUT2D eigenvalue weighted by atomic mass is 10.0. The highest BCUT2D eigenvalue weighted by atomic mass is 16.5. The van der Waals surface area contributed by atoms with Crippen LogP contribution in [-0.2, 0) is 35.6 Å². The van der Waals surface area contributed by atoms with E-state index in [1.807, 2.05) is 48.7 Å². The molecule has 2 heterocycles. The van der Waals surface area contributed by atoms with Crippen molar-refractivity contribution in [3.63, 3.8) is 0 Å². The summed E-state index contributed by atoms with van der Waals surface area (Å²) < 4.78 is 7.25. The van der Waals surface area contributed by atoms with Crippen LogP contribution >= 0.6 is 0 Å². The van der Waals surface area contributed by atoms with Crippen LogP contribution in [0.25, 0.3) is 0 Å². The number of aryl methyl sites for hydroxylation is 1. The largest absolute Gasteiger partial charge is 0.445 e. The van der Waals surface area contributed by atoms with Gasteiger partial charge in [-0.25, -0.2) is 4.79 Å². The van der Waals surface area contributed by atoms with Gasteiger partial charge in [0, 0.05) is 13.0 Å². The molecule has 0 saturated heterocycles. The van der Waals surface area contributed by atoms with E-state index in [0.29, 0.717) is 0 Å². The molecule has 8 heteroatoms. The van der Waals surface area contributed by atoms with E-state index in [4.69, 9.17) is 4.74 Å². The zero-order valence-corrected chi connectivity index (χ0v) is 15.6. The number of amides is 2. The fourth-order valence-electron chi connectivity index (χ4n) is 3.04. The van der Waals surface area contributed by atoms with E-state index in [1.165, 1.54) is 0 Å². The first kappa shape index (κ1) is 18.9. The van der Waals surface area contributed by atoms with Gasteiger partial charge in [0.05, 0.1) is 6.54 Å². The SMILES string of the molecule is CC(C)[C@H](NC(=O)OCc1ccccc1)C(=O)NCc1nnc2n1CCC2. The second-order valence-corrected chi connectivity index (χ2v) is 6.93. The van der Waals surface area contributed by atoms with Crippen molar-refractivity contribution >= 4 is 12.0 Å². The summed E-state index contributed by atoms with van der Waals surface area (Å²) in [4.78, 5) is 24.6. The zero-order chi connectivity index (χ0) is 19.2. The van der Waals surface area contributed by atoms with Gasteiger partial charge < -0.3 is 19.9 Å². The van der Waals surface area contributed by atoms with E-state index in [9.17, 15) is 9.59 Å². The summed E-state index contributed by atoms with van der Waals surface area (Å²) in [5.74, 6) is 1.35. The lowest BCUT2D eigenvalue weighted by Crippen LogP contribution is -2.49. The van der Waals surface area contributed by atoms with Gasteiger partial charge in [-0.1, -0.05) is 44.2 Å². The number of aromatic nitrogens is 3. The van der Waals surface area contributed by atoms with Gasteiger partial charge in [0.25, 0.3) is 0 Å². The van der Waals surface area contributed by atoms with Crippen molar-refractivity contribution in [3.8, 4) is 0 Å². The molecule has 1 aromatic carbocycles. The molecule has 0 aliphatic carbocycles. The molecule has 2 aromatic rings. The van der Waals surface area contributed by atoms with E-state index in [0.717, 1.165) is 36.6 Å². The number of carbonyl (C=O) groups excluding carboxylic acids is 2. The maximum Gasteiger partial charge on any atom is 0.408 e. The van der Waals surface area contributed by atoms with Crippen LogP contribution in [0.2, 0.25) is 0 Å². The van der Waals surface area contributed by atoms with Crippen molar-refractivity contribution < 1.29 is 14.3 Å². The monoisotopic (exact) mass is 371 g/mol. The number of alkyl carbamates (subject to hydrolysis) is 1. The molecule has 0 saturated carbocycles. The molecule has 1 aromatic heterocycles. The van der Waals surface area contributed by atoms with E-state index in [-0.39, 0.29) is 25.0 Å². The Morgan fingerprint density at radius 3 is 2.74 bits per heavy atom. The third-order valence-corrected chi connectivity index (χ3v) is 4.54. The van der Waals surface area contributed by atoms with Gasteiger partial charge in [-0.05, 0) is 17.9 Å². The van der Waals surface area contributed by atoms with Crippen LogP contribution in [0.5, 0.6) is 0 Å². The number of nitrogens with zero attached hydrogens (tertiary/aromatic N) is 3. The topological polar surface area (TPSA) is 98.1 Å². The summed E-state index contributed by atoms with van der Waals surface area (Å²) in [7, 11) is 0. The third kappa shape index (κ3) is 4.84. The molecule has 0 fully saturated rings. The van der Waals surface area contributed by atoms with Gasteiger partial charge in [0.15, 0.2) is 5.82 Å². The summed E-state index contributed by atoms with van der Waals surface area (Å²) in [6, 6.07) is 8.71. The molecule has 0 bridgehead atoms. The van der Waals surface area contributed by atoms with E-state index in [1.54, 1.807) is 0 Å². The van der Waals surface area contributed by atoms with Crippen molar-refractivity contribution in [2.24, 2.45) is 5.92 Å². The summed E-state index contributed by atoms with van der Waals surface area (Å²) in [5.41, 5.74) is 0.888. The van der Waals surface area contributed by atoms with Gasteiger partial charge >= 0.3 is 6.09 Å². The molecule has 2 N–H and O–H groups in total. The second-order valence-electron chi connectivity index (χ2n) is 6.93. The molecule has 144 valence electrons. The van der Waals surface area contributed by atoms with Crippen molar-refractivity contribution in [1.29, 1.82) is 0 Å². The molecule has 0 spiro atoms. The Balaban J connectivity index is 1.51. The Bertz CT molecular complexity index is 788. The maximum absolute atomic E-state index is 12.6. The third-order valence-electron chi connectivity index (χ3n) is 4.54. The highest BCUT2D eigenvalue weighted by Gasteiger charge is 2.25. The van der Waals surface area contributed by atoms with Gasteiger partial charge in [-0.15, -0.1) is 10.2 Å². The number of fused-ring (bicyclic) bond motifs is 1. The Morgan fingerprint density at radius 2 is 2.00 bits per heavy atom. The number of benzene rings is 1. The highest BCUT2D eigenvalue weighted by molar-refractivity contribution is 5.85. The minimum absolute atomic E-state index is 0.0848. The first-order valence-electron chi connectivity index (χ1n) is 9.20.